The first-order chi connectivity index (χ1) is 16.5. The molecule has 0 unspecified atom stereocenters. The lowest BCUT2D eigenvalue weighted by atomic mass is 10.1. The van der Waals surface area contributed by atoms with E-state index in [0.29, 0.717) is 35.4 Å². The van der Waals surface area contributed by atoms with Crippen LogP contribution in [0.5, 0.6) is 0 Å². The second-order valence-electron chi connectivity index (χ2n) is 8.19. The zero-order valence-electron chi connectivity index (χ0n) is 18.5. The zero-order valence-corrected chi connectivity index (χ0v) is 18.5. The van der Waals surface area contributed by atoms with Crippen molar-refractivity contribution in [3.63, 3.8) is 0 Å². The van der Waals surface area contributed by atoms with Crippen molar-refractivity contribution in [2.45, 2.75) is 32.4 Å². The van der Waals surface area contributed by atoms with E-state index in [0.717, 1.165) is 12.8 Å². The summed E-state index contributed by atoms with van der Waals surface area (Å²) in [4.78, 5) is 34.7. The minimum atomic E-state index is -0.384. The van der Waals surface area contributed by atoms with E-state index >= 15 is 0 Å². The summed E-state index contributed by atoms with van der Waals surface area (Å²) in [6.07, 6.45) is 3.43. The third kappa shape index (κ3) is 4.44. The standard InChI is InChI=1S/C24H22FN5O4/c1-14-4-9-18-21(32)19(24-28-22(29-34-24)15-5-7-16(25)8-6-15)12-30(23(18)27-14)13-20(31)26-11-17-3-2-10-33-17/h4-9,12,17H,2-3,10-11,13H2,1H3,(H,26,31)/t17-/m0/s1. The minimum Gasteiger partial charge on any atom is -0.376 e. The summed E-state index contributed by atoms with van der Waals surface area (Å²) in [5.74, 6) is -0.393. The number of carbonyl (C=O) groups excluding carboxylic acids is 1. The molecule has 0 radical (unpaired) electrons. The van der Waals surface area contributed by atoms with Crippen molar-refractivity contribution in [3.8, 4) is 22.8 Å². The van der Waals surface area contributed by atoms with E-state index in [9.17, 15) is 14.0 Å². The van der Waals surface area contributed by atoms with Gasteiger partial charge in [-0.05, 0) is 56.2 Å². The zero-order chi connectivity index (χ0) is 23.7. The lowest BCUT2D eigenvalue weighted by Crippen LogP contribution is -2.34. The number of aryl methyl sites for hydroxylation is 1. The highest BCUT2D eigenvalue weighted by atomic mass is 19.1. The summed E-state index contributed by atoms with van der Waals surface area (Å²) in [5.41, 5.74) is 1.45. The van der Waals surface area contributed by atoms with Crippen molar-refractivity contribution in [3.05, 3.63) is 64.3 Å². The predicted octanol–water partition coefficient (Wildman–Crippen LogP) is 2.86. The van der Waals surface area contributed by atoms with Gasteiger partial charge >= 0.3 is 0 Å². The van der Waals surface area contributed by atoms with Crippen molar-refractivity contribution >= 4 is 16.9 Å². The molecule has 9 nitrogen and oxygen atoms in total. The van der Waals surface area contributed by atoms with Crippen LogP contribution >= 0.6 is 0 Å². The first-order valence-electron chi connectivity index (χ1n) is 11.0. The number of pyridine rings is 2. The summed E-state index contributed by atoms with van der Waals surface area (Å²) >= 11 is 0. The second kappa shape index (κ2) is 9.14. The lowest BCUT2D eigenvalue weighted by Gasteiger charge is -2.14. The number of fused-ring (bicyclic) bond motifs is 1. The van der Waals surface area contributed by atoms with E-state index < -0.39 is 0 Å². The van der Waals surface area contributed by atoms with Crippen LogP contribution in [0.2, 0.25) is 0 Å². The van der Waals surface area contributed by atoms with Crippen LogP contribution in [0.4, 0.5) is 4.39 Å². The summed E-state index contributed by atoms with van der Waals surface area (Å²) < 4.78 is 25.8. The number of nitrogens with one attached hydrogen (secondary N) is 1. The molecule has 1 aliphatic rings. The maximum absolute atomic E-state index is 13.2. The first-order valence-corrected chi connectivity index (χ1v) is 11.0. The van der Waals surface area contributed by atoms with Gasteiger partial charge < -0.3 is 19.1 Å². The van der Waals surface area contributed by atoms with Crippen LogP contribution in [-0.2, 0) is 16.1 Å². The smallest absolute Gasteiger partial charge is 0.263 e. The molecule has 174 valence electrons. The van der Waals surface area contributed by atoms with Crippen molar-refractivity contribution < 1.29 is 18.4 Å². The number of carbonyl (C=O) groups is 1. The molecule has 1 amide bonds. The van der Waals surface area contributed by atoms with Crippen LogP contribution in [0.15, 0.2) is 51.9 Å². The summed E-state index contributed by atoms with van der Waals surface area (Å²) in [6, 6.07) is 9.02. The molecule has 1 fully saturated rings. The van der Waals surface area contributed by atoms with Gasteiger partial charge in [0.2, 0.25) is 17.2 Å². The molecule has 0 bridgehead atoms. The van der Waals surface area contributed by atoms with E-state index in [-0.39, 0.29) is 47.1 Å². The Morgan fingerprint density at radius 3 is 2.79 bits per heavy atom. The third-order valence-electron chi connectivity index (χ3n) is 5.68. The van der Waals surface area contributed by atoms with Crippen LogP contribution in [0.1, 0.15) is 18.5 Å². The fourth-order valence-corrected chi connectivity index (χ4v) is 3.93. The van der Waals surface area contributed by atoms with Gasteiger partial charge in [0.25, 0.3) is 5.89 Å². The number of ether oxygens (including phenoxy) is 1. The van der Waals surface area contributed by atoms with Crippen LogP contribution < -0.4 is 10.7 Å². The molecule has 34 heavy (non-hydrogen) atoms. The van der Waals surface area contributed by atoms with Crippen molar-refractivity contribution in [1.29, 1.82) is 0 Å². The number of hydrogen-bond donors (Lipinski definition) is 1. The maximum atomic E-state index is 13.2. The number of halogens is 1. The monoisotopic (exact) mass is 463 g/mol. The van der Waals surface area contributed by atoms with Crippen LogP contribution in [0.3, 0.4) is 0 Å². The fraction of sp³-hybridized carbons (Fsp3) is 0.292. The molecule has 0 aliphatic carbocycles. The largest absolute Gasteiger partial charge is 0.376 e. The molecule has 3 aromatic heterocycles. The van der Waals surface area contributed by atoms with Gasteiger partial charge in [0.15, 0.2) is 0 Å². The predicted molar refractivity (Wildman–Crippen MR) is 121 cm³/mol. The Hall–Kier alpha value is -3.92. The van der Waals surface area contributed by atoms with Crippen LogP contribution in [-0.4, -0.2) is 44.9 Å². The molecule has 1 saturated heterocycles. The summed E-state index contributed by atoms with van der Waals surface area (Å²) in [7, 11) is 0. The topological polar surface area (TPSA) is 112 Å². The minimum absolute atomic E-state index is 0.000291. The van der Waals surface area contributed by atoms with E-state index in [1.165, 1.54) is 30.5 Å². The molecular weight excluding hydrogens is 441 g/mol. The van der Waals surface area contributed by atoms with E-state index in [4.69, 9.17) is 9.26 Å². The molecule has 5 rings (SSSR count). The molecule has 1 aliphatic heterocycles. The van der Waals surface area contributed by atoms with Crippen LogP contribution in [0, 0.1) is 12.7 Å². The lowest BCUT2D eigenvalue weighted by molar-refractivity contribution is -0.122. The highest BCUT2D eigenvalue weighted by molar-refractivity contribution is 5.83. The van der Waals surface area contributed by atoms with Gasteiger partial charge in [0, 0.05) is 30.6 Å². The molecule has 0 spiro atoms. The number of amides is 1. The van der Waals surface area contributed by atoms with E-state index in [1.54, 1.807) is 16.7 Å². The Balaban J connectivity index is 1.49. The molecule has 4 aromatic rings. The average molecular weight is 463 g/mol. The highest BCUT2D eigenvalue weighted by Gasteiger charge is 2.20. The van der Waals surface area contributed by atoms with Gasteiger partial charge in [-0.25, -0.2) is 9.37 Å². The van der Waals surface area contributed by atoms with Gasteiger partial charge in [-0.15, -0.1) is 0 Å². The van der Waals surface area contributed by atoms with E-state index in [1.807, 2.05) is 6.92 Å². The Bertz CT molecular complexity index is 1410. The van der Waals surface area contributed by atoms with Gasteiger partial charge in [0.05, 0.1) is 11.5 Å². The van der Waals surface area contributed by atoms with Crippen molar-refractivity contribution in [1.82, 2.24) is 25.0 Å². The first kappa shape index (κ1) is 21.9. The van der Waals surface area contributed by atoms with Crippen molar-refractivity contribution in [2.75, 3.05) is 13.2 Å². The van der Waals surface area contributed by atoms with Gasteiger partial charge in [-0.2, -0.15) is 4.98 Å². The number of aromatic nitrogens is 4. The van der Waals surface area contributed by atoms with Gasteiger partial charge in [-0.3, -0.25) is 9.59 Å². The SMILES string of the molecule is Cc1ccc2c(=O)c(-c3nc(-c4ccc(F)cc4)no3)cn(CC(=O)NC[C@@H]3CCCO3)c2n1. The Morgan fingerprint density at radius 1 is 1.21 bits per heavy atom. The van der Waals surface area contributed by atoms with Gasteiger partial charge in [-0.1, -0.05) is 5.16 Å². The second-order valence-corrected chi connectivity index (χ2v) is 8.19. The number of nitrogens with zero attached hydrogens (tertiary/aromatic N) is 4. The highest BCUT2D eigenvalue weighted by Crippen LogP contribution is 2.22. The van der Waals surface area contributed by atoms with Gasteiger partial charge in [0.1, 0.15) is 23.6 Å². The number of benzene rings is 1. The van der Waals surface area contributed by atoms with Crippen molar-refractivity contribution in [2.24, 2.45) is 0 Å². The molecular formula is C24H22FN5O4. The fourth-order valence-electron chi connectivity index (χ4n) is 3.93. The molecule has 4 heterocycles. The summed E-state index contributed by atoms with van der Waals surface area (Å²) in [6.45, 7) is 2.90. The molecule has 0 saturated carbocycles. The quantitative estimate of drug-likeness (QED) is 0.468. The Kier molecular flexibility index (Phi) is 5.89. The maximum Gasteiger partial charge on any atom is 0.263 e. The molecule has 1 N–H and O–H groups in total. The summed E-state index contributed by atoms with van der Waals surface area (Å²) in [5, 5.41) is 7.14. The molecule has 1 atom stereocenters. The normalized spacial score (nSPS) is 15.6. The number of rotatable bonds is 6. The molecule has 10 heteroatoms. The number of hydrogen-bond acceptors (Lipinski definition) is 7. The van der Waals surface area contributed by atoms with Crippen LogP contribution in [0.25, 0.3) is 33.9 Å². The van der Waals surface area contributed by atoms with E-state index in [2.05, 4.69) is 20.4 Å². The molecule has 1 aromatic carbocycles. The Morgan fingerprint density at radius 2 is 2.03 bits per heavy atom. The third-order valence-corrected chi connectivity index (χ3v) is 5.68. The average Bonchev–Trinajstić information content (AvgIpc) is 3.52. The Labute approximate surface area is 193 Å².